The molecule has 0 radical (unpaired) electrons. The number of thioether (sulfide) groups is 1. The Bertz CT molecular complexity index is 631. The third-order valence-corrected chi connectivity index (χ3v) is 5.06. The molecule has 0 aromatic carbocycles. The molecule has 4 nitrogen and oxygen atoms in total. The van der Waals surface area contributed by atoms with E-state index in [-0.39, 0.29) is 5.56 Å². The standard InChI is InChI=1S/C13H19N3OS2/c1-8-9(2)19-13-11(8)12(17)14-10(15-13)7-18-6-5-16(3)4/h5-7H2,1-4H3,(H,14,15,17). The van der Waals surface area contributed by atoms with Gasteiger partial charge in [0.25, 0.3) is 5.56 Å². The Kier molecular flexibility index (Phi) is 4.65. The lowest BCUT2D eigenvalue weighted by Crippen LogP contribution is -2.15. The minimum Gasteiger partial charge on any atom is -0.309 e. The summed E-state index contributed by atoms with van der Waals surface area (Å²) in [6, 6.07) is 0. The van der Waals surface area contributed by atoms with Gasteiger partial charge >= 0.3 is 0 Å². The summed E-state index contributed by atoms with van der Waals surface area (Å²) < 4.78 is 0. The van der Waals surface area contributed by atoms with E-state index < -0.39 is 0 Å². The molecule has 0 aliphatic rings. The summed E-state index contributed by atoms with van der Waals surface area (Å²) in [7, 11) is 4.12. The lowest BCUT2D eigenvalue weighted by molar-refractivity contribution is 0.437. The molecule has 2 heterocycles. The number of hydrogen-bond donors (Lipinski definition) is 1. The quantitative estimate of drug-likeness (QED) is 0.861. The van der Waals surface area contributed by atoms with E-state index in [1.165, 1.54) is 4.88 Å². The summed E-state index contributed by atoms with van der Waals surface area (Å²) in [6.07, 6.45) is 0. The molecule has 0 aliphatic heterocycles. The van der Waals surface area contributed by atoms with Crippen molar-refractivity contribution in [3.63, 3.8) is 0 Å². The maximum Gasteiger partial charge on any atom is 0.259 e. The maximum absolute atomic E-state index is 12.1. The summed E-state index contributed by atoms with van der Waals surface area (Å²) in [5.41, 5.74) is 1.05. The van der Waals surface area contributed by atoms with Crippen LogP contribution in [0.4, 0.5) is 0 Å². The Hall–Kier alpha value is -0.850. The highest BCUT2D eigenvalue weighted by Gasteiger charge is 2.11. The predicted molar refractivity (Wildman–Crippen MR) is 84.4 cm³/mol. The van der Waals surface area contributed by atoms with Gasteiger partial charge in [0.1, 0.15) is 10.7 Å². The molecule has 2 rings (SSSR count). The van der Waals surface area contributed by atoms with Crippen LogP contribution in [0, 0.1) is 13.8 Å². The van der Waals surface area contributed by atoms with E-state index in [1.807, 2.05) is 13.8 Å². The van der Waals surface area contributed by atoms with Gasteiger partial charge in [-0.05, 0) is 33.5 Å². The average Bonchev–Trinajstić information content (AvgIpc) is 2.61. The molecule has 0 bridgehead atoms. The smallest absolute Gasteiger partial charge is 0.259 e. The Balaban J connectivity index is 2.15. The van der Waals surface area contributed by atoms with Crippen molar-refractivity contribution >= 4 is 33.3 Å². The van der Waals surface area contributed by atoms with Crippen LogP contribution in [0.25, 0.3) is 10.2 Å². The zero-order valence-corrected chi connectivity index (χ0v) is 13.4. The molecule has 0 unspecified atom stereocenters. The Morgan fingerprint density at radius 1 is 1.37 bits per heavy atom. The van der Waals surface area contributed by atoms with Gasteiger partial charge in [0.2, 0.25) is 0 Å². The highest BCUT2D eigenvalue weighted by molar-refractivity contribution is 7.98. The van der Waals surface area contributed by atoms with E-state index in [1.54, 1.807) is 23.1 Å². The first kappa shape index (κ1) is 14.6. The minimum atomic E-state index is -0.00457. The minimum absolute atomic E-state index is 0.00457. The van der Waals surface area contributed by atoms with E-state index in [9.17, 15) is 4.79 Å². The van der Waals surface area contributed by atoms with Crippen molar-refractivity contribution in [1.82, 2.24) is 14.9 Å². The van der Waals surface area contributed by atoms with Gasteiger partial charge in [-0.3, -0.25) is 4.79 Å². The number of fused-ring (bicyclic) bond motifs is 1. The van der Waals surface area contributed by atoms with Gasteiger partial charge in [0.05, 0.1) is 11.1 Å². The van der Waals surface area contributed by atoms with Crippen LogP contribution in [-0.2, 0) is 5.75 Å². The molecule has 0 saturated carbocycles. The number of hydrogen-bond acceptors (Lipinski definition) is 5. The molecule has 0 spiro atoms. The zero-order chi connectivity index (χ0) is 14.0. The van der Waals surface area contributed by atoms with Gasteiger partial charge in [-0.2, -0.15) is 11.8 Å². The van der Waals surface area contributed by atoms with Crippen LogP contribution in [0.3, 0.4) is 0 Å². The summed E-state index contributed by atoms with van der Waals surface area (Å²) in [5.74, 6) is 2.58. The summed E-state index contributed by atoms with van der Waals surface area (Å²) in [4.78, 5) is 23.7. The molecule has 0 fully saturated rings. The second kappa shape index (κ2) is 6.07. The Morgan fingerprint density at radius 3 is 2.79 bits per heavy atom. The first-order chi connectivity index (χ1) is 8.99. The number of nitrogens with one attached hydrogen (secondary N) is 1. The molecule has 0 aliphatic carbocycles. The van der Waals surface area contributed by atoms with Crippen molar-refractivity contribution in [2.75, 3.05) is 26.4 Å². The molecule has 0 amide bonds. The van der Waals surface area contributed by atoms with Crippen molar-refractivity contribution in [3.05, 3.63) is 26.6 Å². The van der Waals surface area contributed by atoms with E-state index >= 15 is 0 Å². The maximum atomic E-state index is 12.1. The van der Waals surface area contributed by atoms with Gasteiger partial charge in [-0.25, -0.2) is 4.98 Å². The molecular weight excluding hydrogens is 278 g/mol. The van der Waals surface area contributed by atoms with Crippen molar-refractivity contribution in [2.24, 2.45) is 0 Å². The normalized spacial score (nSPS) is 11.6. The van der Waals surface area contributed by atoms with Gasteiger partial charge in [-0.15, -0.1) is 11.3 Å². The average molecular weight is 297 g/mol. The van der Waals surface area contributed by atoms with Gasteiger partial charge < -0.3 is 9.88 Å². The highest BCUT2D eigenvalue weighted by Crippen LogP contribution is 2.26. The van der Waals surface area contributed by atoms with E-state index in [2.05, 4.69) is 29.0 Å². The zero-order valence-electron chi connectivity index (χ0n) is 11.7. The van der Waals surface area contributed by atoms with Crippen LogP contribution < -0.4 is 5.56 Å². The number of aryl methyl sites for hydroxylation is 2. The van der Waals surface area contributed by atoms with E-state index in [0.717, 1.165) is 39.7 Å². The molecule has 1 N–H and O–H groups in total. The fraction of sp³-hybridized carbons (Fsp3) is 0.538. The van der Waals surface area contributed by atoms with Gasteiger partial charge in [0, 0.05) is 17.2 Å². The molecule has 0 saturated heterocycles. The summed E-state index contributed by atoms with van der Waals surface area (Å²) in [5, 5.41) is 0.754. The fourth-order valence-electron chi connectivity index (χ4n) is 1.78. The molecule has 2 aromatic rings. The Morgan fingerprint density at radius 2 is 2.11 bits per heavy atom. The molecule has 104 valence electrons. The number of aromatic nitrogens is 2. The molecular formula is C13H19N3OS2. The van der Waals surface area contributed by atoms with E-state index in [4.69, 9.17) is 0 Å². The third-order valence-electron chi connectivity index (χ3n) is 3.01. The number of aromatic amines is 1. The molecule has 19 heavy (non-hydrogen) atoms. The number of nitrogens with zero attached hydrogens (tertiary/aromatic N) is 2. The fourth-order valence-corrected chi connectivity index (χ4v) is 3.80. The number of rotatable bonds is 5. The SMILES string of the molecule is Cc1sc2nc(CSCCN(C)C)[nH]c(=O)c2c1C. The van der Waals surface area contributed by atoms with Gasteiger partial charge in [0.15, 0.2) is 0 Å². The molecule has 2 aromatic heterocycles. The highest BCUT2D eigenvalue weighted by atomic mass is 32.2. The van der Waals surface area contributed by atoms with Crippen LogP contribution in [0.1, 0.15) is 16.3 Å². The first-order valence-electron chi connectivity index (χ1n) is 6.20. The lowest BCUT2D eigenvalue weighted by atomic mass is 10.2. The van der Waals surface area contributed by atoms with Crippen LogP contribution >= 0.6 is 23.1 Å². The Labute approximate surface area is 121 Å². The summed E-state index contributed by atoms with van der Waals surface area (Å²) >= 11 is 3.40. The van der Waals surface area contributed by atoms with Crippen molar-refractivity contribution in [1.29, 1.82) is 0 Å². The van der Waals surface area contributed by atoms with Crippen molar-refractivity contribution < 1.29 is 0 Å². The van der Waals surface area contributed by atoms with Crippen LogP contribution in [-0.4, -0.2) is 41.3 Å². The second-order valence-electron chi connectivity index (χ2n) is 4.83. The van der Waals surface area contributed by atoms with Crippen molar-refractivity contribution in [2.45, 2.75) is 19.6 Å². The van der Waals surface area contributed by atoms with Crippen molar-refractivity contribution in [3.8, 4) is 0 Å². The van der Waals surface area contributed by atoms with Crippen LogP contribution in [0.15, 0.2) is 4.79 Å². The summed E-state index contributed by atoms with van der Waals surface area (Å²) in [6.45, 7) is 5.05. The van der Waals surface area contributed by atoms with Crippen LogP contribution in [0.2, 0.25) is 0 Å². The molecule has 0 atom stereocenters. The number of H-pyrrole nitrogens is 1. The molecule has 6 heteroatoms. The van der Waals surface area contributed by atoms with E-state index in [0.29, 0.717) is 0 Å². The van der Waals surface area contributed by atoms with Gasteiger partial charge in [-0.1, -0.05) is 0 Å². The van der Waals surface area contributed by atoms with Crippen LogP contribution in [0.5, 0.6) is 0 Å². The lowest BCUT2D eigenvalue weighted by Gasteiger charge is -2.08. The monoisotopic (exact) mass is 297 g/mol. The largest absolute Gasteiger partial charge is 0.309 e. The predicted octanol–water partition coefficient (Wildman–Crippen LogP) is 2.40. The second-order valence-corrected chi connectivity index (χ2v) is 7.14. The first-order valence-corrected chi connectivity index (χ1v) is 8.17. The topological polar surface area (TPSA) is 49.0 Å². The third kappa shape index (κ3) is 3.38. The number of thiophene rings is 1.